The third-order valence-electron chi connectivity index (χ3n) is 3.48. The van der Waals surface area contributed by atoms with Crippen LogP contribution in [0.1, 0.15) is 30.1 Å². The maximum Gasteiger partial charge on any atom is 0.119 e. The predicted molar refractivity (Wildman–Crippen MR) is 82.8 cm³/mol. The van der Waals surface area contributed by atoms with Crippen LogP contribution in [0.3, 0.4) is 0 Å². The molecule has 0 heterocycles. The molecule has 2 rings (SSSR count). The predicted octanol–water partition coefficient (Wildman–Crippen LogP) is 3.05. The molecule has 0 saturated heterocycles. The lowest BCUT2D eigenvalue weighted by Crippen LogP contribution is -2.30. The summed E-state index contributed by atoms with van der Waals surface area (Å²) in [5, 5.41) is 3.57. The zero-order chi connectivity index (χ0) is 14.4. The second-order valence-electron chi connectivity index (χ2n) is 4.86. The van der Waals surface area contributed by atoms with Gasteiger partial charge < -0.3 is 15.8 Å². The Balaban J connectivity index is 2.12. The van der Waals surface area contributed by atoms with E-state index in [1.807, 2.05) is 24.3 Å². The Kier molecular flexibility index (Phi) is 5.16. The summed E-state index contributed by atoms with van der Waals surface area (Å²) in [5.41, 5.74) is 8.33. The zero-order valence-electron chi connectivity index (χ0n) is 12.0. The summed E-state index contributed by atoms with van der Waals surface area (Å²) < 4.78 is 5.27. The monoisotopic (exact) mass is 270 g/mol. The van der Waals surface area contributed by atoms with E-state index in [4.69, 9.17) is 10.5 Å². The first-order chi connectivity index (χ1) is 9.74. The lowest BCUT2D eigenvalue weighted by Gasteiger charge is -2.23. The molecule has 2 aromatic rings. The molecule has 0 radical (unpaired) electrons. The van der Waals surface area contributed by atoms with Crippen LogP contribution in [0.4, 0.5) is 0 Å². The normalized spacial score (nSPS) is 13.8. The Labute approximate surface area is 120 Å². The molecule has 3 N–H and O–H groups in total. The molecular formula is C17H22N2O. The lowest BCUT2D eigenvalue weighted by molar-refractivity contribution is 0.411. The van der Waals surface area contributed by atoms with Crippen molar-refractivity contribution in [2.75, 3.05) is 13.7 Å². The minimum atomic E-state index is 0.111. The van der Waals surface area contributed by atoms with Gasteiger partial charge in [-0.2, -0.15) is 0 Å². The number of methoxy groups -OCH3 is 1. The summed E-state index contributed by atoms with van der Waals surface area (Å²) in [7, 11) is 1.68. The Morgan fingerprint density at radius 1 is 1.05 bits per heavy atom. The second kappa shape index (κ2) is 7.08. The molecular weight excluding hydrogens is 248 g/mol. The fourth-order valence-electron chi connectivity index (χ4n) is 2.30. The molecule has 2 unspecified atom stereocenters. The van der Waals surface area contributed by atoms with E-state index >= 15 is 0 Å². The third-order valence-corrected chi connectivity index (χ3v) is 3.48. The molecule has 0 amide bonds. The molecule has 0 aliphatic rings. The van der Waals surface area contributed by atoms with Gasteiger partial charge in [0.1, 0.15) is 5.75 Å². The molecule has 20 heavy (non-hydrogen) atoms. The lowest BCUT2D eigenvalue weighted by atomic mass is 10.0. The Morgan fingerprint density at radius 3 is 2.40 bits per heavy atom. The highest BCUT2D eigenvalue weighted by molar-refractivity contribution is 5.31. The number of nitrogens with two attached hydrogens (primary N) is 1. The molecule has 0 saturated carbocycles. The highest BCUT2D eigenvalue weighted by Gasteiger charge is 2.14. The molecule has 106 valence electrons. The van der Waals surface area contributed by atoms with Crippen molar-refractivity contribution >= 4 is 0 Å². The average Bonchev–Trinajstić information content (AvgIpc) is 2.53. The maximum absolute atomic E-state index is 5.92. The van der Waals surface area contributed by atoms with Crippen LogP contribution in [0.25, 0.3) is 0 Å². The van der Waals surface area contributed by atoms with Crippen molar-refractivity contribution in [3.63, 3.8) is 0 Å². The first kappa shape index (κ1) is 14.6. The molecule has 2 aromatic carbocycles. The molecule has 0 bridgehead atoms. The van der Waals surface area contributed by atoms with E-state index in [0.29, 0.717) is 6.54 Å². The van der Waals surface area contributed by atoms with Gasteiger partial charge in [-0.05, 0) is 30.2 Å². The van der Waals surface area contributed by atoms with E-state index < -0.39 is 0 Å². The van der Waals surface area contributed by atoms with Gasteiger partial charge in [0.2, 0.25) is 0 Å². The molecule has 3 nitrogen and oxygen atoms in total. The van der Waals surface area contributed by atoms with Crippen molar-refractivity contribution in [2.24, 2.45) is 5.73 Å². The number of hydrogen-bond donors (Lipinski definition) is 2. The van der Waals surface area contributed by atoms with Crippen LogP contribution in [-0.4, -0.2) is 13.7 Å². The summed E-state index contributed by atoms with van der Waals surface area (Å²) >= 11 is 0. The molecule has 3 heteroatoms. The number of nitrogens with one attached hydrogen (secondary N) is 1. The van der Waals surface area contributed by atoms with E-state index in [2.05, 4.69) is 42.6 Å². The van der Waals surface area contributed by atoms with E-state index in [-0.39, 0.29) is 12.1 Å². The molecule has 0 aliphatic carbocycles. The van der Waals surface area contributed by atoms with Crippen LogP contribution in [0.2, 0.25) is 0 Å². The molecule has 0 fully saturated rings. The Morgan fingerprint density at radius 2 is 1.75 bits per heavy atom. The van der Waals surface area contributed by atoms with Crippen LogP contribution in [0.5, 0.6) is 5.75 Å². The van der Waals surface area contributed by atoms with E-state index in [1.165, 1.54) is 5.56 Å². The van der Waals surface area contributed by atoms with Gasteiger partial charge in [0.05, 0.1) is 7.11 Å². The third kappa shape index (κ3) is 3.59. The summed E-state index contributed by atoms with van der Waals surface area (Å²) in [5.74, 6) is 0.857. The van der Waals surface area contributed by atoms with Crippen LogP contribution in [-0.2, 0) is 0 Å². The summed E-state index contributed by atoms with van der Waals surface area (Å²) in [6.07, 6.45) is 0. The highest BCUT2D eigenvalue weighted by atomic mass is 16.5. The minimum absolute atomic E-state index is 0.111. The maximum atomic E-state index is 5.92. The SMILES string of the molecule is COc1cccc(C(CN)NC(C)c2ccccc2)c1. The number of hydrogen-bond acceptors (Lipinski definition) is 3. The largest absolute Gasteiger partial charge is 0.497 e. The van der Waals surface area contributed by atoms with Crippen molar-refractivity contribution in [3.05, 3.63) is 65.7 Å². The number of rotatable bonds is 6. The van der Waals surface area contributed by atoms with Crippen molar-refractivity contribution < 1.29 is 4.74 Å². The van der Waals surface area contributed by atoms with Crippen LogP contribution in [0.15, 0.2) is 54.6 Å². The first-order valence-electron chi connectivity index (χ1n) is 6.89. The van der Waals surface area contributed by atoms with Crippen LogP contribution in [0, 0.1) is 0 Å². The first-order valence-corrected chi connectivity index (χ1v) is 6.89. The van der Waals surface area contributed by atoms with Gasteiger partial charge >= 0.3 is 0 Å². The van der Waals surface area contributed by atoms with Gasteiger partial charge in [-0.15, -0.1) is 0 Å². The van der Waals surface area contributed by atoms with Crippen molar-refractivity contribution in [2.45, 2.75) is 19.0 Å². The quantitative estimate of drug-likeness (QED) is 0.848. The van der Waals surface area contributed by atoms with Gasteiger partial charge in [-0.3, -0.25) is 0 Å². The Hall–Kier alpha value is -1.84. The van der Waals surface area contributed by atoms with Gasteiger partial charge in [-0.1, -0.05) is 42.5 Å². The minimum Gasteiger partial charge on any atom is -0.497 e. The van der Waals surface area contributed by atoms with Crippen molar-refractivity contribution in [3.8, 4) is 5.75 Å². The highest BCUT2D eigenvalue weighted by Crippen LogP contribution is 2.22. The van der Waals surface area contributed by atoms with Crippen molar-refractivity contribution in [1.82, 2.24) is 5.32 Å². The summed E-state index contributed by atoms with van der Waals surface area (Å²) in [6.45, 7) is 2.70. The molecule has 0 aliphatic heterocycles. The van der Waals surface area contributed by atoms with E-state index in [0.717, 1.165) is 11.3 Å². The fourth-order valence-corrected chi connectivity index (χ4v) is 2.30. The van der Waals surface area contributed by atoms with Crippen LogP contribution >= 0.6 is 0 Å². The van der Waals surface area contributed by atoms with Gasteiger partial charge in [0.15, 0.2) is 0 Å². The zero-order valence-corrected chi connectivity index (χ0v) is 12.0. The summed E-state index contributed by atoms with van der Waals surface area (Å²) in [4.78, 5) is 0. The van der Waals surface area contributed by atoms with Gasteiger partial charge in [0.25, 0.3) is 0 Å². The molecule has 2 atom stereocenters. The Bertz CT molecular complexity index is 528. The smallest absolute Gasteiger partial charge is 0.119 e. The van der Waals surface area contributed by atoms with Crippen molar-refractivity contribution in [1.29, 1.82) is 0 Å². The van der Waals surface area contributed by atoms with Crippen LogP contribution < -0.4 is 15.8 Å². The standard InChI is InChI=1S/C17H22N2O/c1-13(14-7-4-3-5-8-14)19-17(12-18)15-9-6-10-16(11-15)20-2/h3-11,13,17,19H,12,18H2,1-2H3. The molecule has 0 spiro atoms. The second-order valence-corrected chi connectivity index (χ2v) is 4.86. The number of ether oxygens (including phenoxy) is 1. The van der Waals surface area contributed by atoms with Gasteiger partial charge in [-0.25, -0.2) is 0 Å². The van der Waals surface area contributed by atoms with E-state index in [1.54, 1.807) is 7.11 Å². The topological polar surface area (TPSA) is 47.3 Å². The summed E-state index contributed by atoms with van der Waals surface area (Å²) in [6, 6.07) is 18.8. The van der Waals surface area contributed by atoms with Gasteiger partial charge in [0, 0.05) is 18.6 Å². The molecule has 0 aromatic heterocycles. The fraction of sp³-hybridized carbons (Fsp3) is 0.294. The number of benzene rings is 2. The average molecular weight is 270 g/mol. The van der Waals surface area contributed by atoms with E-state index in [9.17, 15) is 0 Å².